The lowest BCUT2D eigenvalue weighted by atomic mass is 10.1. The first-order valence-electron chi connectivity index (χ1n) is 5.19. The van der Waals surface area contributed by atoms with Gasteiger partial charge < -0.3 is 9.52 Å². The van der Waals surface area contributed by atoms with Gasteiger partial charge in [-0.3, -0.25) is 0 Å². The van der Waals surface area contributed by atoms with E-state index in [9.17, 15) is 13.6 Å². The maximum Gasteiger partial charge on any atom is 0.374 e. The first kappa shape index (κ1) is 13.7. The van der Waals surface area contributed by atoms with Gasteiger partial charge in [0.1, 0.15) is 0 Å². The van der Waals surface area contributed by atoms with Crippen LogP contribution in [0, 0.1) is 6.92 Å². The van der Waals surface area contributed by atoms with Gasteiger partial charge in [0.15, 0.2) is 5.69 Å². The number of rotatable bonds is 3. The van der Waals surface area contributed by atoms with Crippen molar-refractivity contribution in [1.82, 2.24) is 4.98 Å². The molecule has 0 saturated carbocycles. The summed E-state index contributed by atoms with van der Waals surface area (Å²) in [5, 5.41) is 8.80. The number of hydrogen-bond donors (Lipinski definition) is 1. The summed E-state index contributed by atoms with van der Waals surface area (Å²) in [6.45, 7) is 1.81. The molecule has 4 nitrogen and oxygen atoms in total. The van der Waals surface area contributed by atoms with Crippen LogP contribution >= 0.6 is 15.9 Å². The number of aromatic nitrogens is 1. The van der Waals surface area contributed by atoms with Crippen LogP contribution in [0.2, 0.25) is 0 Å². The van der Waals surface area contributed by atoms with Gasteiger partial charge in [-0.1, -0.05) is 15.9 Å². The van der Waals surface area contributed by atoms with Crippen molar-refractivity contribution in [3.63, 3.8) is 0 Å². The van der Waals surface area contributed by atoms with Gasteiger partial charge in [0.05, 0.1) is 0 Å². The molecule has 0 atom stereocenters. The monoisotopic (exact) mass is 331 g/mol. The van der Waals surface area contributed by atoms with Gasteiger partial charge in [-0.15, -0.1) is 0 Å². The molecule has 0 aliphatic carbocycles. The second kappa shape index (κ2) is 5.08. The minimum Gasteiger partial charge on any atom is -0.475 e. The van der Waals surface area contributed by atoms with Crippen LogP contribution in [-0.4, -0.2) is 16.1 Å². The van der Waals surface area contributed by atoms with E-state index >= 15 is 0 Å². The van der Waals surface area contributed by atoms with Crippen molar-refractivity contribution in [2.24, 2.45) is 0 Å². The maximum absolute atomic E-state index is 12.7. The van der Waals surface area contributed by atoms with E-state index in [2.05, 4.69) is 20.9 Å². The molecular formula is C12H8BrF2NO3. The summed E-state index contributed by atoms with van der Waals surface area (Å²) in [6, 6.07) is 4.97. The number of oxazole rings is 1. The van der Waals surface area contributed by atoms with E-state index in [-0.39, 0.29) is 5.89 Å². The highest BCUT2D eigenvalue weighted by molar-refractivity contribution is 9.10. The van der Waals surface area contributed by atoms with Crippen LogP contribution in [0.4, 0.5) is 8.78 Å². The average Bonchev–Trinajstić information content (AvgIpc) is 2.78. The first-order valence-corrected chi connectivity index (χ1v) is 5.98. The molecule has 1 aromatic heterocycles. The smallest absolute Gasteiger partial charge is 0.374 e. The maximum atomic E-state index is 12.7. The van der Waals surface area contributed by atoms with Crippen LogP contribution in [0.3, 0.4) is 0 Å². The van der Waals surface area contributed by atoms with E-state index in [4.69, 9.17) is 9.52 Å². The molecule has 7 heteroatoms. The molecule has 0 aliphatic rings. The van der Waals surface area contributed by atoms with Crippen LogP contribution in [0.25, 0.3) is 11.5 Å². The van der Waals surface area contributed by atoms with Gasteiger partial charge >= 0.3 is 5.97 Å². The number of carbonyl (C=O) groups is 1. The molecule has 0 aliphatic heterocycles. The zero-order valence-corrected chi connectivity index (χ0v) is 11.2. The Labute approximate surface area is 115 Å². The Morgan fingerprint density at radius 2 is 2.16 bits per heavy atom. The summed E-state index contributed by atoms with van der Waals surface area (Å²) in [5.74, 6) is -2.53. The lowest BCUT2D eigenvalue weighted by Gasteiger charge is -2.00. The zero-order chi connectivity index (χ0) is 14.2. The quantitative estimate of drug-likeness (QED) is 0.921. The Hall–Kier alpha value is -1.76. The lowest BCUT2D eigenvalue weighted by Crippen LogP contribution is -1.99. The highest BCUT2D eigenvalue weighted by atomic mass is 79.9. The van der Waals surface area contributed by atoms with Crippen LogP contribution in [0.5, 0.6) is 0 Å². The van der Waals surface area contributed by atoms with E-state index in [0.29, 0.717) is 5.56 Å². The second-order valence-corrected chi connectivity index (χ2v) is 4.66. The Morgan fingerprint density at radius 1 is 1.47 bits per heavy atom. The number of aryl methyl sites for hydroxylation is 1. The standard InChI is InChI=1S/C12H8BrF2NO3/c1-5-4-6(2-3-7(5)13)11-16-8(10(14)15)9(19-11)12(17)18/h2-4,10H,1H3,(H,17,18). The van der Waals surface area contributed by atoms with Crippen molar-refractivity contribution in [3.8, 4) is 11.5 Å². The average molecular weight is 332 g/mol. The number of carboxylic acids is 1. The predicted molar refractivity (Wildman–Crippen MR) is 66.3 cm³/mol. The number of alkyl halides is 2. The molecule has 0 radical (unpaired) electrons. The van der Waals surface area contributed by atoms with Crippen molar-refractivity contribution < 1.29 is 23.1 Å². The number of halogens is 3. The normalized spacial score (nSPS) is 11.0. The molecule has 0 bridgehead atoms. The predicted octanol–water partition coefficient (Wildman–Crippen LogP) is 4.05. The van der Waals surface area contributed by atoms with Gasteiger partial charge in [0, 0.05) is 10.0 Å². The fraction of sp³-hybridized carbons (Fsp3) is 0.167. The fourth-order valence-corrected chi connectivity index (χ4v) is 1.78. The molecule has 0 saturated heterocycles. The van der Waals surface area contributed by atoms with Crippen molar-refractivity contribution >= 4 is 21.9 Å². The molecule has 2 rings (SSSR count). The second-order valence-electron chi connectivity index (χ2n) is 3.80. The van der Waals surface area contributed by atoms with Gasteiger partial charge in [-0.05, 0) is 30.7 Å². The van der Waals surface area contributed by atoms with E-state index in [1.807, 2.05) is 6.92 Å². The molecule has 1 N–H and O–H groups in total. The van der Waals surface area contributed by atoms with E-state index in [0.717, 1.165) is 10.0 Å². The highest BCUT2D eigenvalue weighted by Gasteiger charge is 2.26. The summed E-state index contributed by atoms with van der Waals surface area (Å²) in [7, 11) is 0. The first-order chi connectivity index (χ1) is 8.90. The molecule has 0 fully saturated rings. The van der Waals surface area contributed by atoms with Crippen molar-refractivity contribution in [3.05, 3.63) is 39.7 Å². The van der Waals surface area contributed by atoms with Crippen molar-refractivity contribution in [2.45, 2.75) is 13.3 Å². The van der Waals surface area contributed by atoms with E-state index in [1.54, 1.807) is 18.2 Å². The van der Waals surface area contributed by atoms with Gasteiger partial charge in [0.2, 0.25) is 11.7 Å². The topological polar surface area (TPSA) is 63.3 Å². The number of hydrogen-bond acceptors (Lipinski definition) is 3. The van der Waals surface area contributed by atoms with Crippen molar-refractivity contribution in [2.75, 3.05) is 0 Å². The fourth-order valence-electron chi connectivity index (χ4n) is 1.53. The molecule has 0 spiro atoms. The Kier molecular flexibility index (Phi) is 3.66. The molecule has 19 heavy (non-hydrogen) atoms. The molecule has 1 aromatic carbocycles. The molecule has 2 aromatic rings. The van der Waals surface area contributed by atoms with Crippen LogP contribution in [-0.2, 0) is 0 Å². The minimum atomic E-state index is -3.00. The molecule has 1 heterocycles. The largest absolute Gasteiger partial charge is 0.475 e. The summed E-state index contributed by atoms with van der Waals surface area (Å²) in [4.78, 5) is 14.4. The summed E-state index contributed by atoms with van der Waals surface area (Å²) in [5.41, 5.74) is 0.435. The van der Waals surface area contributed by atoms with Gasteiger partial charge in [-0.25, -0.2) is 18.6 Å². The van der Waals surface area contributed by atoms with E-state index < -0.39 is 23.8 Å². The number of carboxylic acid groups (broad SMARTS) is 1. The van der Waals surface area contributed by atoms with Gasteiger partial charge in [0.25, 0.3) is 6.43 Å². The van der Waals surface area contributed by atoms with Crippen molar-refractivity contribution in [1.29, 1.82) is 0 Å². The Bertz CT molecular complexity index is 640. The van der Waals surface area contributed by atoms with Crippen LogP contribution in [0.15, 0.2) is 27.1 Å². The zero-order valence-electron chi connectivity index (χ0n) is 9.65. The summed E-state index contributed by atoms with van der Waals surface area (Å²) < 4.78 is 31.1. The lowest BCUT2D eigenvalue weighted by molar-refractivity contribution is 0.0647. The molecule has 100 valence electrons. The number of aromatic carboxylic acids is 1. The number of nitrogens with zero attached hydrogens (tertiary/aromatic N) is 1. The van der Waals surface area contributed by atoms with Gasteiger partial charge in [-0.2, -0.15) is 0 Å². The Morgan fingerprint density at radius 3 is 2.63 bits per heavy atom. The SMILES string of the molecule is Cc1cc(-c2nc(C(F)F)c(C(=O)O)o2)ccc1Br. The molecule has 0 amide bonds. The van der Waals surface area contributed by atoms with Crippen LogP contribution < -0.4 is 0 Å². The van der Waals surface area contributed by atoms with Crippen LogP contribution in [0.1, 0.15) is 28.2 Å². The van der Waals surface area contributed by atoms with E-state index in [1.165, 1.54) is 0 Å². The minimum absolute atomic E-state index is 0.136. The molecule has 0 unspecified atom stereocenters. The summed E-state index contributed by atoms with van der Waals surface area (Å²) in [6.07, 6.45) is -3.00. The number of benzene rings is 1. The summed E-state index contributed by atoms with van der Waals surface area (Å²) >= 11 is 3.30. The Balaban J connectivity index is 2.54. The highest BCUT2D eigenvalue weighted by Crippen LogP contribution is 2.30. The third-order valence-corrected chi connectivity index (χ3v) is 3.35. The third kappa shape index (κ3) is 2.65. The molecular weight excluding hydrogens is 324 g/mol. The third-order valence-electron chi connectivity index (χ3n) is 2.46.